The first-order valence-corrected chi connectivity index (χ1v) is 8.55. The van der Waals surface area contributed by atoms with Crippen LogP contribution in [0.1, 0.15) is 5.69 Å². The molecule has 0 fully saturated rings. The topological polar surface area (TPSA) is 74.7 Å². The van der Waals surface area contributed by atoms with Gasteiger partial charge in [-0.1, -0.05) is 36.4 Å². The van der Waals surface area contributed by atoms with E-state index in [9.17, 15) is 0 Å². The van der Waals surface area contributed by atoms with Gasteiger partial charge in [0.05, 0.1) is 19.9 Å². The van der Waals surface area contributed by atoms with Crippen LogP contribution < -0.4 is 15.2 Å². The van der Waals surface area contributed by atoms with Gasteiger partial charge in [0.15, 0.2) is 17.1 Å². The van der Waals surface area contributed by atoms with E-state index in [0.29, 0.717) is 17.3 Å². The lowest BCUT2D eigenvalue weighted by molar-refractivity contribution is 0.355. The first-order chi connectivity index (χ1) is 13.1. The van der Waals surface area contributed by atoms with Gasteiger partial charge >= 0.3 is 0 Å². The van der Waals surface area contributed by atoms with E-state index in [1.165, 1.54) is 0 Å². The van der Waals surface area contributed by atoms with Crippen molar-refractivity contribution in [2.24, 2.45) is 0 Å². The molecular formula is C21H20N4O2. The van der Waals surface area contributed by atoms with Gasteiger partial charge < -0.3 is 15.2 Å². The van der Waals surface area contributed by atoms with Crippen LogP contribution in [0.25, 0.3) is 27.9 Å². The number of aromatic nitrogens is 3. The third kappa shape index (κ3) is 2.75. The highest BCUT2D eigenvalue weighted by molar-refractivity contribution is 5.84. The van der Waals surface area contributed by atoms with Crippen molar-refractivity contribution in [1.82, 2.24) is 14.6 Å². The SMILES string of the molecule is COc1ccc(-c2cnc3c(-c4ccccc4)c(C)nn3c2N)cc1OC. The van der Waals surface area contributed by atoms with Crippen molar-refractivity contribution in [2.75, 3.05) is 20.0 Å². The molecule has 6 heteroatoms. The summed E-state index contributed by atoms with van der Waals surface area (Å²) < 4.78 is 12.4. The molecule has 0 unspecified atom stereocenters. The maximum absolute atomic E-state index is 6.46. The molecule has 0 radical (unpaired) electrons. The minimum absolute atomic E-state index is 0.525. The fourth-order valence-electron chi connectivity index (χ4n) is 3.28. The Kier molecular flexibility index (Phi) is 4.16. The molecule has 0 atom stereocenters. The summed E-state index contributed by atoms with van der Waals surface area (Å²) in [4.78, 5) is 4.66. The van der Waals surface area contributed by atoms with Gasteiger partial charge in [-0.3, -0.25) is 0 Å². The zero-order valence-electron chi connectivity index (χ0n) is 15.4. The molecule has 2 aromatic carbocycles. The molecule has 4 aromatic rings. The second-order valence-electron chi connectivity index (χ2n) is 6.19. The molecule has 0 aliphatic carbocycles. The molecule has 27 heavy (non-hydrogen) atoms. The Bertz CT molecular complexity index is 1120. The number of benzene rings is 2. The Morgan fingerprint density at radius 2 is 1.67 bits per heavy atom. The highest BCUT2D eigenvalue weighted by Crippen LogP contribution is 2.36. The second-order valence-corrected chi connectivity index (χ2v) is 6.19. The number of hydrogen-bond acceptors (Lipinski definition) is 5. The zero-order chi connectivity index (χ0) is 19.0. The number of anilines is 1. The number of aryl methyl sites for hydroxylation is 1. The van der Waals surface area contributed by atoms with E-state index >= 15 is 0 Å². The van der Waals surface area contributed by atoms with Crippen LogP contribution >= 0.6 is 0 Å². The number of hydrogen-bond donors (Lipinski definition) is 1. The number of fused-ring (bicyclic) bond motifs is 1. The van der Waals surface area contributed by atoms with E-state index < -0.39 is 0 Å². The van der Waals surface area contributed by atoms with Gasteiger partial charge in [0.25, 0.3) is 0 Å². The molecule has 0 aliphatic rings. The Hall–Kier alpha value is -3.54. The van der Waals surface area contributed by atoms with Crippen molar-refractivity contribution in [1.29, 1.82) is 0 Å². The third-order valence-electron chi connectivity index (χ3n) is 4.61. The van der Waals surface area contributed by atoms with Gasteiger partial charge in [0, 0.05) is 17.3 Å². The van der Waals surface area contributed by atoms with Crippen LogP contribution in [0.15, 0.2) is 54.7 Å². The average Bonchev–Trinajstić information content (AvgIpc) is 3.05. The van der Waals surface area contributed by atoms with Crippen LogP contribution in [-0.4, -0.2) is 28.8 Å². The van der Waals surface area contributed by atoms with Crippen LogP contribution in [0.3, 0.4) is 0 Å². The highest BCUT2D eigenvalue weighted by atomic mass is 16.5. The van der Waals surface area contributed by atoms with Crippen molar-refractivity contribution >= 4 is 11.5 Å². The zero-order valence-corrected chi connectivity index (χ0v) is 15.4. The molecule has 0 aliphatic heterocycles. The van der Waals surface area contributed by atoms with E-state index in [1.54, 1.807) is 24.9 Å². The Morgan fingerprint density at radius 1 is 0.926 bits per heavy atom. The van der Waals surface area contributed by atoms with Crippen molar-refractivity contribution in [2.45, 2.75) is 6.92 Å². The van der Waals surface area contributed by atoms with Gasteiger partial charge in [-0.05, 0) is 30.2 Å². The van der Waals surface area contributed by atoms with E-state index in [2.05, 4.69) is 10.1 Å². The third-order valence-corrected chi connectivity index (χ3v) is 4.61. The number of ether oxygens (including phenoxy) is 2. The maximum atomic E-state index is 6.46. The molecule has 4 rings (SSSR count). The molecule has 2 N–H and O–H groups in total. The van der Waals surface area contributed by atoms with Crippen molar-refractivity contribution in [3.63, 3.8) is 0 Å². The molecule has 2 aromatic heterocycles. The van der Waals surface area contributed by atoms with Gasteiger partial charge in [0.2, 0.25) is 0 Å². The normalized spacial score (nSPS) is 10.9. The van der Waals surface area contributed by atoms with Crippen molar-refractivity contribution < 1.29 is 9.47 Å². The van der Waals surface area contributed by atoms with E-state index in [4.69, 9.17) is 15.2 Å². The standard InChI is InChI=1S/C21H20N4O2/c1-13-19(14-7-5-4-6-8-14)21-23-12-16(20(22)25(21)24-13)15-9-10-17(26-2)18(11-15)27-3/h4-12H,22H2,1-3H3. The second kappa shape index (κ2) is 6.64. The van der Waals surface area contributed by atoms with E-state index in [1.807, 2.05) is 55.5 Å². The first kappa shape index (κ1) is 16.9. The summed E-state index contributed by atoms with van der Waals surface area (Å²) in [5.41, 5.74) is 11.8. The maximum Gasteiger partial charge on any atom is 0.165 e. The molecule has 0 spiro atoms. The lowest BCUT2D eigenvalue weighted by atomic mass is 10.1. The number of rotatable bonds is 4. The van der Waals surface area contributed by atoms with Crippen molar-refractivity contribution in [3.05, 3.63) is 60.4 Å². The van der Waals surface area contributed by atoms with Crippen LogP contribution in [0.2, 0.25) is 0 Å². The molecule has 0 amide bonds. The number of nitrogens with zero attached hydrogens (tertiary/aromatic N) is 3. The monoisotopic (exact) mass is 360 g/mol. The molecule has 2 heterocycles. The van der Waals surface area contributed by atoms with E-state index in [0.717, 1.165) is 33.6 Å². The smallest absolute Gasteiger partial charge is 0.165 e. The van der Waals surface area contributed by atoms with E-state index in [-0.39, 0.29) is 0 Å². The lowest BCUT2D eigenvalue weighted by Crippen LogP contribution is -2.03. The Balaban J connectivity index is 1.89. The van der Waals surface area contributed by atoms with Gasteiger partial charge in [-0.2, -0.15) is 9.61 Å². The molecule has 6 nitrogen and oxygen atoms in total. The Morgan fingerprint density at radius 3 is 2.37 bits per heavy atom. The number of methoxy groups -OCH3 is 2. The fourth-order valence-corrected chi connectivity index (χ4v) is 3.28. The van der Waals surface area contributed by atoms with Gasteiger partial charge in [0.1, 0.15) is 5.82 Å². The average molecular weight is 360 g/mol. The number of nitrogen functional groups attached to an aromatic ring is 1. The summed E-state index contributed by atoms with van der Waals surface area (Å²) in [6, 6.07) is 15.7. The van der Waals surface area contributed by atoms with Crippen LogP contribution in [0.5, 0.6) is 11.5 Å². The van der Waals surface area contributed by atoms with Crippen LogP contribution in [-0.2, 0) is 0 Å². The molecule has 0 saturated carbocycles. The van der Waals surface area contributed by atoms with Crippen molar-refractivity contribution in [3.8, 4) is 33.8 Å². The minimum atomic E-state index is 0.525. The minimum Gasteiger partial charge on any atom is -0.493 e. The quantitative estimate of drug-likeness (QED) is 0.596. The molecule has 0 saturated heterocycles. The van der Waals surface area contributed by atoms with Gasteiger partial charge in [-0.15, -0.1) is 0 Å². The summed E-state index contributed by atoms with van der Waals surface area (Å²) >= 11 is 0. The lowest BCUT2D eigenvalue weighted by Gasteiger charge is -2.11. The molecule has 136 valence electrons. The summed E-state index contributed by atoms with van der Waals surface area (Å²) in [6.45, 7) is 1.96. The number of nitrogens with two attached hydrogens (primary N) is 1. The summed E-state index contributed by atoms with van der Waals surface area (Å²) in [6.07, 6.45) is 1.78. The highest BCUT2D eigenvalue weighted by Gasteiger charge is 2.17. The summed E-state index contributed by atoms with van der Waals surface area (Å²) in [7, 11) is 3.21. The fraction of sp³-hybridized carbons (Fsp3) is 0.143. The first-order valence-electron chi connectivity index (χ1n) is 8.55. The Labute approximate surface area is 157 Å². The largest absolute Gasteiger partial charge is 0.493 e. The van der Waals surface area contributed by atoms with Crippen LogP contribution in [0.4, 0.5) is 5.82 Å². The van der Waals surface area contributed by atoms with Gasteiger partial charge in [-0.25, -0.2) is 4.98 Å². The predicted octanol–water partition coefficient (Wildman–Crippen LogP) is 3.97. The molecular weight excluding hydrogens is 340 g/mol. The molecule has 0 bridgehead atoms. The predicted molar refractivity (Wildman–Crippen MR) is 106 cm³/mol. The van der Waals surface area contributed by atoms with Crippen LogP contribution in [0, 0.1) is 6.92 Å². The summed E-state index contributed by atoms with van der Waals surface area (Å²) in [5, 5.41) is 4.62. The summed E-state index contributed by atoms with van der Waals surface area (Å²) in [5.74, 6) is 1.82.